The van der Waals surface area contributed by atoms with Crippen LogP contribution in [0.3, 0.4) is 0 Å². The fraction of sp³-hybridized carbons (Fsp3) is 0.438. The van der Waals surface area contributed by atoms with Crippen molar-refractivity contribution in [1.29, 1.82) is 0 Å². The summed E-state index contributed by atoms with van der Waals surface area (Å²) in [4.78, 5) is 11.7. The molecule has 0 aliphatic heterocycles. The Balaban J connectivity index is 2.14. The van der Waals surface area contributed by atoms with Gasteiger partial charge in [-0.15, -0.1) is 0 Å². The number of fused-ring (bicyclic) bond motifs is 3. The smallest absolute Gasteiger partial charge is 0.156 e. The number of halogens is 1. The van der Waals surface area contributed by atoms with Crippen molar-refractivity contribution in [1.82, 2.24) is 0 Å². The topological polar surface area (TPSA) is 17.1 Å². The maximum atomic E-state index is 11.7. The molecule has 0 bridgehead atoms. The van der Waals surface area contributed by atoms with E-state index in [0.29, 0.717) is 6.42 Å². The van der Waals surface area contributed by atoms with Crippen LogP contribution in [0.15, 0.2) is 24.3 Å². The van der Waals surface area contributed by atoms with E-state index in [0.717, 1.165) is 24.3 Å². The highest BCUT2D eigenvalue weighted by Gasteiger charge is 2.43. The molecular formula is C16H17ClO. The highest BCUT2D eigenvalue weighted by atomic mass is 35.5. The van der Waals surface area contributed by atoms with E-state index >= 15 is 0 Å². The van der Waals surface area contributed by atoms with Crippen molar-refractivity contribution >= 4 is 23.0 Å². The normalized spacial score (nSPS) is 25.7. The molecule has 1 unspecified atom stereocenters. The van der Waals surface area contributed by atoms with Crippen molar-refractivity contribution in [3.63, 3.8) is 0 Å². The van der Waals surface area contributed by atoms with Gasteiger partial charge in [-0.25, -0.2) is 0 Å². The van der Waals surface area contributed by atoms with Crippen molar-refractivity contribution in [2.45, 2.75) is 39.0 Å². The number of hydrogen-bond acceptors (Lipinski definition) is 1. The third kappa shape index (κ3) is 1.73. The van der Waals surface area contributed by atoms with Crippen LogP contribution in [0, 0.1) is 5.41 Å². The van der Waals surface area contributed by atoms with Crippen LogP contribution in [-0.2, 0) is 11.2 Å². The Morgan fingerprint density at radius 2 is 2.22 bits per heavy atom. The third-order valence-corrected chi connectivity index (χ3v) is 4.58. The molecule has 1 aromatic carbocycles. The van der Waals surface area contributed by atoms with Crippen LogP contribution in [0.5, 0.6) is 0 Å². The molecule has 0 heterocycles. The van der Waals surface area contributed by atoms with E-state index < -0.39 is 0 Å². The molecule has 0 saturated carbocycles. The average molecular weight is 261 g/mol. The van der Waals surface area contributed by atoms with Crippen molar-refractivity contribution < 1.29 is 4.79 Å². The number of benzene rings is 1. The zero-order chi connectivity index (χ0) is 12.8. The number of allylic oxidation sites excluding steroid dienone is 2. The first-order valence-electron chi connectivity index (χ1n) is 6.68. The van der Waals surface area contributed by atoms with Gasteiger partial charge in [-0.3, -0.25) is 4.79 Å². The molecule has 0 N–H and O–H groups in total. The summed E-state index contributed by atoms with van der Waals surface area (Å²) < 4.78 is 0. The second kappa shape index (κ2) is 4.24. The standard InChI is InChI=1S/C16H17ClO/c1-2-6-16-7-5-13(18)9-15(16)14-4-3-12(17)8-11(14)10-16/h3-4,8-9H,2,5-7,10H2,1H3. The highest BCUT2D eigenvalue weighted by Crippen LogP contribution is 2.54. The fourth-order valence-corrected chi connectivity index (χ4v) is 3.79. The average Bonchev–Trinajstić information content (AvgIpc) is 2.63. The number of carbonyl (C=O) groups is 1. The Bertz CT molecular complexity index is 544. The largest absolute Gasteiger partial charge is 0.295 e. The molecule has 0 saturated heterocycles. The van der Waals surface area contributed by atoms with Gasteiger partial charge in [0.25, 0.3) is 0 Å². The van der Waals surface area contributed by atoms with E-state index in [4.69, 9.17) is 11.6 Å². The summed E-state index contributed by atoms with van der Waals surface area (Å²) in [5.74, 6) is 0.277. The van der Waals surface area contributed by atoms with E-state index in [1.807, 2.05) is 12.1 Å². The molecule has 2 aliphatic rings. The summed E-state index contributed by atoms with van der Waals surface area (Å²) >= 11 is 6.09. The summed E-state index contributed by atoms with van der Waals surface area (Å²) in [6.45, 7) is 2.22. The molecule has 0 amide bonds. The first kappa shape index (κ1) is 12.0. The molecule has 3 rings (SSSR count). The zero-order valence-electron chi connectivity index (χ0n) is 10.6. The molecule has 2 heteroatoms. The second-order valence-electron chi connectivity index (χ2n) is 5.53. The molecule has 0 radical (unpaired) electrons. The van der Waals surface area contributed by atoms with Gasteiger partial charge in [0.1, 0.15) is 0 Å². The molecule has 0 spiro atoms. The summed E-state index contributed by atoms with van der Waals surface area (Å²) in [5, 5.41) is 0.797. The number of carbonyl (C=O) groups excluding carboxylic acids is 1. The van der Waals surface area contributed by atoms with Gasteiger partial charge in [0, 0.05) is 16.9 Å². The maximum absolute atomic E-state index is 11.7. The Morgan fingerprint density at radius 3 is 3.00 bits per heavy atom. The minimum atomic E-state index is 0.204. The van der Waals surface area contributed by atoms with E-state index in [1.54, 1.807) is 0 Å². The quantitative estimate of drug-likeness (QED) is 0.769. The van der Waals surface area contributed by atoms with Crippen LogP contribution < -0.4 is 0 Å². The molecule has 0 fully saturated rings. The van der Waals surface area contributed by atoms with E-state index in [2.05, 4.69) is 19.1 Å². The van der Waals surface area contributed by atoms with Gasteiger partial charge in [0.05, 0.1) is 0 Å². The van der Waals surface area contributed by atoms with Gasteiger partial charge in [-0.05, 0) is 54.2 Å². The van der Waals surface area contributed by atoms with Gasteiger partial charge in [0.2, 0.25) is 0 Å². The van der Waals surface area contributed by atoms with Gasteiger partial charge in [-0.1, -0.05) is 31.0 Å². The van der Waals surface area contributed by atoms with Crippen LogP contribution >= 0.6 is 11.6 Å². The predicted molar refractivity (Wildman–Crippen MR) is 74.7 cm³/mol. The summed E-state index contributed by atoms with van der Waals surface area (Å²) in [6.07, 6.45) is 6.96. The lowest BCUT2D eigenvalue weighted by molar-refractivity contribution is -0.115. The first-order chi connectivity index (χ1) is 8.64. The Hall–Kier alpha value is -1.08. The van der Waals surface area contributed by atoms with Gasteiger partial charge in [-0.2, -0.15) is 0 Å². The molecule has 1 nitrogen and oxygen atoms in total. The predicted octanol–water partition coefficient (Wildman–Crippen LogP) is 4.43. The monoisotopic (exact) mass is 260 g/mol. The lowest BCUT2D eigenvalue weighted by Crippen LogP contribution is -2.25. The molecule has 1 atom stereocenters. The molecule has 94 valence electrons. The molecular weight excluding hydrogens is 244 g/mol. The lowest BCUT2D eigenvalue weighted by atomic mass is 9.70. The van der Waals surface area contributed by atoms with Crippen LogP contribution in [0.25, 0.3) is 5.57 Å². The first-order valence-corrected chi connectivity index (χ1v) is 7.06. The van der Waals surface area contributed by atoms with Gasteiger partial charge >= 0.3 is 0 Å². The van der Waals surface area contributed by atoms with Crippen LogP contribution in [0.4, 0.5) is 0 Å². The fourth-order valence-electron chi connectivity index (χ4n) is 3.59. The van der Waals surface area contributed by atoms with E-state index in [1.165, 1.54) is 23.1 Å². The molecule has 1 aromatic rings. The second-order valence-corrected chi connectivity index (χ2v) is 5.97. The van der Waals surface area contributed by atoms with E-state index in [9.17, 15) is 4.79 Å². The Morgan fingerprint density at radius 1 is 1.39 bits per heavy atom. The Kier molecular flexibility index (Phi) is 2.82. The summed E-state index contributed by atoms with van der Waals surface area (Å²) in [6, 6.07) is 6.08. The number of rotatable bonds is 2. The lowest BCUT2D eigenvalue weighted by Gasteiger charge is -2.33. The zero-order valence-corrected chi connectivity index (χ0v) is 11.4. The summed E-state index contributed by atoms with van der Waals surface area (Å²) in [5.41, 5.74) is 4.04. The van der Waals surface area contributed by atoms with Crippen molar-refractivity contribution in [2.75, 3.05) is 0 Å². The molecule has 18 heavy (non-hydrogen) atoms. The number of hydrogen-bond donors (Lipinski definition) is 0. The SMILES string of the molecule is CCCC12CCC(=O)C=C1c1ccc(Cl)cc1C2. The Labute approximate surface area is 113 Å². The van der Waals surface area contributed by atoms with Crippen LogP contribution in [-0.4, -0.2) is 5.78 Å². The van der Waals surface area contributed by atoms with Gasteiger partial charge < -0.3 is 0 Å². The number of ketones is 1. The van der Waals surface area contributed by atoms with Crippen molar-refractivity contribution in [3.8, 4) is 0 Å². The van der Waals surface area contributed by atoms with E-state index in [-0.39, 0.29) is 11.2 Å². The minimum Gasteiger partial charge on any atom is -0.295 e. The van der Waals surface area contributed by atoms with Crippen molar-refractivity contribution in [2.24, 2.45) is 5.41 Å². The third-order valence-electron chi connectivity index (χ3n) is 4.34. The molecule has 2 aliphatic carbocycles. The van der Waals surface area contributed by atoms with Crippen LogP contribution in [0.2, 0.25) is 5.02 Å². The highest BCUT2D eigenvalue weighted by molar-refractivity contribution is 6.30. The van der Waals surface area contributed by atoms with Crippen molar-refractivity contribution in [3.05, 3.63) is 40.4 Å². The summed E-state index contributed by atoms with van der Waals surface area (Å²) in [7, 11) is 0. The maximum Gasteiger partial charge on any atom is 0.156 e. The van der Waals surface area contributed by atoms with Gasteiger partial charge in [0.15, 0.2) is 5.78 Å². The van der Waals surface area contributed by atoms with Crippen LogP contribution in [0.1, 0.15) is 43.7 Å². The molecule has 0 aromatic heterocycles. The minimum absolute atomic E-state index is 0.204.